The zero-order valence-electron chi connectivity index (χ0n) is 6.83. The lowest BCUT2D eigenvalue weighted by atomic mass is 10.2. The van der Waals surface area contributed by atoms with Gasteiger partial charge in [0.15, 0.2) is 0 Å². The summed E-state index contributed by atoms with van der Waals surface area (Å²) in [5.74, 6) is 8.00. The average Bonchev–Trinajstić information content (AvgIpc) is 2.04. The predicted molar refractivity (Wildman–Crippen MR) is 46.5 cm³/mol. The highest BCUT2D eigenvalue weighted by molar-refractivity contribution is 5.46. The van der Waals surface area contributed by atoms with Crippen molar-refractivity contribution in [1.29, 1.82) is 0 Å². The number of hydrogen-bond acceptors (Lipinski definition) is 4. The monoisotopic (exact) mass is 154 g/mol. The Labute approximate surface area is 66.4 Å². The zero-order chi connectivity index (χ0) is 8.85. The van der Waals surface area contributed by atoms with E-state index in [1.807, 2.05) is 19.9 Å². The van der Waals surface area contributed by atoms with Crippen molar-refractivity contribution < 1.29 is 0 Å². The van der Waals surface area contributed by atoms with E-state index in [0.717, 1.165) is 16.9 Å². The van der Waals surface area contributed by atoms with E-state index in [0.29, 0.717) is 0 Å². The molecule has 0 unspecified atom stereocenters. The number of nitrogen functional groups attached to an aromatic ring is 1. The van der Waals surface area contributed by atoms with Gasteiger partial charge in [-0.3, -0.25) is 16.7 Å². The number of pyridine rings is 1. The molecule has 1 rings (SSSR count). The fraction of sp³-hybridized carbons (Fsp3) is 0.286. The van der Waals surface area contributed by atoms with Crippen LogP contribution in [0.1, 0.15) is 11.3 Å². The third kappa shape index (κ3) is 2.53. The highest BCUT2D eigenvalue weighted by Crippen LogP contribution is 2.10. The van der Waals surface area contributed by atoms with E-state index in [1.54, 1.807) is 6.20 Å². The van der Waals surface area contributed by atoms with Crippen molar-refractivity contribution in [2.45, 2.75) is 13.8 Å². The molecular weight excluding hydrogens is 140 g/mol. The van der Waals surface area contributed by atoms with Gasteiger partial charge in [-0.2, -0.15) is 0 Å². The lowest BCUT2D eigenvalue weighted by Crippen LogP contribution is -2.02. The minimum absolute atomic E-state index is 0.822. The van der Waals surface area contributed by atoms with Crippen LogP contribution < -0.4 is 17.4 Å². The Kier molecular flexibility index (Phi) is 4.17. The Morgan fingerprint density at radius 3 is 2.18 bits per heavy atom. The van der Waals surface area contributed by atoms with Crippen molar-refractivity contribution in [3.05, 3.63) is 23.5 Å². The molecule has 0 saturated heterocycles. The molecule has 4 nitrogen and oxygen atoms in total. The van der Waals surface area contributed by atoms with Crippen LogP contribution in [-0.4, -0.2) is 4.98 Å². The van der Waals surface area contributed by atoms with Gasteiger partial charge in [0.2, 0.25) is 0 Å². The highest BCUT2D eigenvalue weighted by atomic mass is 15.0. The number of anilines is 1. The summed E-state index contributed by atoms with van der Waals surface area (Å²) in [6.07, 6.45) is 1.72. The second-order valence-corrected chi connectivity index (χ2v) is 2.11. The molecule has 0 amide bonds. The minimum Gasteiger partial charge on any atom is -0.398 e. The highest BCUT2D eigenvalue weighted by Gasteiger charge is 1.94. The Balaban J connectivity index is 0.000000461. The molecule has 0 atom stereocenters. The van der Waals surface area contributed by atoms with Gasteiger partial charge in [-0.1, -0.05) is 0 Å². The van der Waals surface area contributed by atoms with Gasteiger partial charge in [-0.25, -0.2) is 0 Å². The summed E-state index contributed by atoms with van der Waals surface area (Å²) >= 11 is 0. The van der Waals surface area contributed by atoms with Crippen LogP contribution in [0.4, 0.5) is 5.69 Å². The second-order valence-electron chi connectivity index (χ2n) is 2.11. The Bertz CT molecular complexity index is 201. The standard InChI is InChI=1S/C7H10N2.H4N2/c1-5-6(2)9-4-3-7(5)8;1-2/h3-4H,1-2H3,(H2,8,9);1-2H2. The molecule has 0 aromatic carbocycles. The molecule has 62 valence electrons. The number of aryl methyl sites for hydroxylation is 1. The van der Waals surface area contributed by atoms with Crippen molar-refractivity contribution in [1.82, 2.24) is 4.98 Å². The van der Waals surface area contributed by atoms with Gasteiger partial charge in [0.05, 0.1) is 0 Å². The first-order valence-corrected chi connectivity index (χ1v) is 3.23. The molecule has 1 aromatic rings. The van der Waals surface area contributed by atoms with E-state index in [1.165, 1.54) is 0 Å². The molecule has 1 heterocycles. The van der Waals surface area contributed by atoms with Gasteiger partial charge >= 0.3 is 0 Å². The number of hydrogen-bond donors (Lipinski definition) is 3. The van der Waals surface area contributed by atoms with E-state index < -0.39 is 0 Å². The molecule has 1 aromatic heterocycles. The van der Waals surface area contributed by atoms with Crippen molar-refractivity contribution in [2.75, 3.05) is 5.73 Å². The summed E-state index contributed by atoms with van der Waals surface area (Å²) in [5, 5.41) is 0. The van der Waals surface area contributed by atoms with Crippen LogP contribution in [0.5, 0.6) is 0 Å². The SMILES string of the molecule is Cc1nccc(N)c1C.NN. The lowest BCUT2D eigenvalue weighted by Gasteiger charge is -1.99. The average molecular weight is 154 g/mol. The maximum Gasteiger partial charge on any atom is 0.0422 e. The van der Waals surface area contributed by atoms with Gasteiger partial charge in [0.1, 0.15) is 0 Å². The third-order valence-electron chi connectivity index (χ3n) is 1.50. The molecule has 0 saturated carbocycles. The van der Waals surface area contributed by atoms with Crippen LogP contribution in [0.15, 0.2) is 12.3 Å². The van der Waals surface area contributed by atoms with Crippen LogP contribution in [0.2, 0.25) is 0 Å². The fourth-order valence-electron chi connectivity index (χ4n) is 0.660. The first-order valence-electron chi connectivity index (χ1n) is 3.23. The maximum atomic E-state index is 5.58. The number of nitrogens with zero attached hydrogens (tertiary/aromatic N) is 1. The van der Waals surface area contributed by atoms with Crippen LogP contribution in [0, 0.1) is 13.8 Å². The summed E-state index contributed by atoms with van der Waals surface area (Å²) in [5.41, 5.74) is 8.49. The number of hydrazine groups is 1. The van der Waals surface area contributed by atoms with Crippen LogP contribution in [0.25, 0.3) is 0 Å². The van der Waals surface area contributed by atoms with E-state index in [4.69, 9.17) is 5.73 Å². The lowest BCUT2D eigenvalue weighted by molar-refractivity contribution is 1.15. The summed E-state index contributed by atoms with van der Waals surface area (Å²) in [4.78, 5) is 4.06. The summed E-state index contributed by atoms with van der Waals surface area (Å²) in [7, 11) is 0. The van der Waals surface area contributed by atoms with Crippen molar-refractivity contribution >= 4 is 5.69 Å². The van der Waals surface area contributed by atoms with Gasteiger partial charge in [0, 0.05) is 17.6 Å². The van der Waals surface area contributed by atoms with Gasteiger partial charge < -0.3 is 5.73 Å². The summed E-state index contributed by atoms with van der Waals surface area (Å²) < 4.78 is 0. The second kappa shape index (κ2) is 4.65. The molecule has 0 radical (unpaired) electrons. The molecule has 0 bridgehead atoms. The van der Waals surface area contributed by atoms with Crippen LogP contribution in [-0.2, 0) is 0 Å². The maximum absolute atomic E-state index is 5.58. The Hall–Kier alpha value is -1.13. The number of aromatic nitrogens is 1. The number of rotatable bonds is 0. The molecule has 0 spiro atoms. The molecule has 0 aliphatic heterocycles. The molecule has 4 heteroatoms. The van der Waals surface area contributed by atoms with Crippen LogP contribution >= 0.6 is 0 Å². The summed E-state index contributed by atoms with van der Waals surface area (Å²) in [6.45, 7) is 3.92. The minimum atomic E-state index is 0.822. The molecule has 0 fully saturated rings. The first-order chi connectivity index (χ1) is 5.22. The number of nitrogens with two attached hydrogens (primary N) is 3. The van der Waals surface area contributed by atoms with E-state index in [2.05, 4.69) is 16.7 Å². The van der Waals surface area contributed by atoms with Gasteiger partial charge in [0.25, 0.3) is 0 Å². The van der Waals surface area contributed by atoms with Crippen molar-refractivity contribution in [2.24, 2.45) is 11.7 Å². The molecule has 11 heavy (non-hydrogen) atoms. The molecule has 0 aliphatic carbocycles. The van der Waals surface area contributed by atoms with Crippen molar-refractivity contribution in [3.8, 4) is 0 Å². The topological polar surface area (TPSA) is 90.9 Å². The Morgan fingerprint density at radius 2 is 1.82 bits per heavy atom. The normalized spacial score (nSPS) is 8.36. The molecular formula is C7H14N4. The predicted octanol–water partition coefficient (Wildman–Crippen LogP) is 0.0994. The zero-order valence-corrected chi connectivity index (χ0v) is 6.83. The molecule has 6 N–H and O–H groups in total. The van der Waals surface area contributed by atoms with Gasteiger partial charge in [-0.15, -0.1) is 0 Å². The quantitative estimate of drug-likeness (QED) is 0.365. The fourth-order valence-corrected chi connectivity index (χ4v) is 0.660. The van der Waals surface area contributed by atoms with Gasteiger partial charge in [-0.05, 0) is 25.5 Å². The Morgan fingerprint density at radius 1 is 1.27 bits per heavy atom. The van der Waals surface area contributed by atoms with E-state index in [-0.39, 0.29) is 0 Å². The smallest absolute Gasteiger partial charge is 0.0422 e. The van der Waals surface area contributed by atoms with Crippen LogP contribution in [0.3, 0.4) is 0 Å². The largest absolute Gasteiger partial charge is 0.398 e. The van der Waals surface area contributed by atoms with E-state index in [9.17, 15) is 0 Å². The van der Waals surface area contributed by atoms with Crippen molar-refractivity contribution in [3.63, 3.8) is 0 Å². The van der Waals surface area contributed by atoms with E-state index >= 15 is 0 Å². The molecule has 0 aliphatic rings. The third-order valence-corrected chi connectivity index (χ3v) is 1.50. The summed E-state index contributed by atoms with van der Waals surface area (Å²) in [6, 6.07) is 1.81. The first kappa shape index (κ1) is 9.87.